The monoisotopic (exact) mass is 490 g/mol. The van der Waals surface area contributed by atoms with E-state index in [-0.39, 0.29) is 24.0 Å². The number of likely N-dealkylation sites (N-methyl/N-ethyl adjacent to an activating group) is 1. The molecule has 2 aromatic rings. The van der Waals surface area contributed by atoms with Crippen molar-refractivity contribution in [3.63, 3.8) is 0 Å². The molecule has 1 aromatic carbocycles. The number of sulfonamides is 1. The highest BCUT2D eigenvalue weighted by Crippen LogP contribution is 2.27. The predicted octanol–water partition coefficient (Wildman–Crippen LogP) is 2.46. The van der Waals surface area contributed by atoms with E-state index in [4.69, 9.17) is 9.47 Å². The quantitative estimate of drug-likeness (QED) is 0.687. The summed E-state index contributed by atoms with van der Waals surface area (Å²) in [7, 11) is -0.0720. The molecule has 0 saturated carbocycles. The summed E-state index contributed by atoms with van der Waals surface area (Å²) in [5.41, 5.74) is 1.80. The van der Waals surface area contributed by atoms with E-state index in [0.717, 1.165) is 18.4 Å². The van der Waals surface area contributed by atoms with Gasteiger partial charge in [0.2, 0.25) is 10.0 Å². The molecule has 0 spiro atoms. The summed E-state index contributed by atoms with van der Waals surface area (Å²) in [6, 6.07) is 8.68. The molecule has 0 fully saturated rings. The van der Waals surface area contributed by atoms with Crippen molar-refractivity contribution in [2.45, 2.75) is 32.5 Å². The molecule has 3 atom stereocenters. The number of amides is 1. The molecular formula is C24H34N4O5S. The Labute approximate surface area is 202 Å². The maximum Gasteiger partial charge on any atom is 0.257 e. The van der Waals surface area contributed by atoms with E-state index in [9.17, 15) is 13.2 Å². The Morgan fingerprint density at radius 1 is 1.24 bits per heavy atom. The molecule has 10 heteroatoms. The van der Waals surface area contributed by atoms with Gasteiger partial charge in [-0.2, -0.15) is 0 Å². The second-order valence-corrected chi connectivity index (χ2v) is 10.7. The fraction of sp³-hybridized carbons (Fsp3) is 0.500. The number of nitrogens with zero attached hydrogens (tertiary/aromatic N) is 3. The minimum Gasteiger partial charge on any atom is -0.491 e. The van der Waals surface area contributed by atoms with E-state index >= 15 is 0 Å². The lowest BCUT2D eigenvalue weighted by Crippen LogP contribution is -2.46. The number of rotatable bonds is 5. The number of aromatic nitrogens is 1. The van der Waals surface area contributed by atoms with Crippen molar-refractivity contribution in [3.8, 4) is 5.75 Å². The Morgan fingerprint density at radius 2 is 2.00 bits per heavy atom. The number of carbonyl (C=O) groups is 1. The summed E-state index contributed by atoms with van der Waals surface area (Å²) in [6.45, 7) is 6.35. The first-order valence-electron chi connectivity index (χ1n) is 11.2. The number of benzene rings is 1. The van der Waals surface area contributed by atoms with Crippen molar-refractivity contribution in [1.82, 2.24) is 14.8 Å². The third-order valence-corrected chi connectivity index (χ3v) is 6.59. The van der Waals surface area contributed by atoms with Crippen LogP contribution in [0.2, 0.25) is 0 Å². The van der Waals surface area contributed by atoms with Gasteiger partial charge >= 0.3 is 0 Å². The Bertz CT molecular complexity index is 1080. The zero-order valence-electron chi connectivity index (χ0n) is 20.4. The normalized spacial score (nSPS) is 22.8. The van der Waals surface area contributed by atoms with Gasteiger partial charge in [0.15, 0.2) is 0 Å². The molecule has 1 amide bonds. The molecule has 0 radical (unpaired) electrons. The van der Waals surface area contributed by atoms with Crippen LogP contribution in [0.1, 0.15) is 29.8 Å². The van der Waals surface area contributed by atoms with Gasteiger partial charge in [0.05, 0.1) is 23.6 Å². The van der Waals surface area contributed by atoms with Crippen molar-refractivity contribution < 1.29 is 22.7 Å². The standard InChI is InChI=1S/C24H34N4O5S/c1-17-13-28(14-19-7-6-10-25-12-19)18(2)16-33-22-11-20(26-34(5,30)31)8-9-21(22)24(29)27(3)15-23(17)32-4/h6-12,17-18,23,26H,13-16H2,1-5H3/t17-,18+,23+/m1/s1. The van der Waals surface area contributed by atoms with Gasteiger partial charge < -0.3 is 14.4 Å². The molecule has 1 aromatic heterocycles. The summed E-state index contributed by atoms with van der Waals surface area (Å²) < 4.78 is 37.8. The molecule has 0 unspecified atom stereocenters. The third kappa shape index (κ3) is 6.91. The van der Waals surface area contributed by atoms with Crippen molar-refractivity contribution in [3.05, 3.63) is 53.9 Å². The number of fused-ring (bicyclic) bond motifs is 1. The molecule has 3 rings (SSSR count). The molecule has 1 N–H and O–H groups in total. The van der Waals surface area contributed by atoms with Gasteiger partial charge in [-0.05, 0) is 36.6 Å². The van der Waals surface area contributed by atoms with Gasteiger partial charge in [-0.3, -0.25) is 19.4 Å². The largest absolute Gasteiger partial charge is 0.491 e. The van der Waals surface area contributed by atoms with Gasteiger partial charge in [0.1, 0.15) is 12.4 Å². The lowest BCUT2D eigenvalue weighted by atomic mass is 10.0. The Kier molecular flexibility index (Phi) is 8.51. The van der Waals surface area contributed by atoms with Gasteiger partial charge in [0.25, 0.3) is 5.91 Å². The van der Waals surface area contributed by atoms with Crippen LogP contribution in [0, 0.1) is 5.92 Å². The van der Waals surface area contributed by atoms with Gasteiger partial charge in [-0.15, -0.1) is 0 Å². The molecular weight excluding hydrogens is 456 g/mol. The van der Waals surface area contributed by atoms with Crippen LogP contribution >= 0.6 is 0 Å². The first-order chi connectivity index (χ1) is 16.1. The zero-order chi connectivity index (χ0) is 24.9. The minimum absolute atomic E-state index is 0.00629. The van der Waals surface area contributed by atoms with Crippen LogP contribution in [0.25, 0.3) is 0 Å². The molecule has 0 aliphatic carbocycles. The number of carbonyl (C=O) groups excluding carboxylic acids is 1. The molecule has 34 heavy (non-hydrogen) atoms. The highest BCUT2D eigenvalue weighted by atomic mass is 32.2. The maximum atomic E-state index is 13.2. The molecule has 9 nitrogen and oxygen atoms in total. The van der Waals surface area contributed by atoms with Crippen molar-refractivity contribution in [1.29, 1.82) is 0 Å². The lowest BCUT2D eigenvalue weighted by molar-refractivity contribution is 0.00920. The number of methoxy groups -OCH3 is 1. The van der Waals surface area contributed by atoms with Crippen LogP contribution in [0.15, 0.2) is 42.7 Å². The summed E-state index contributed by atoms with van der Waals surface area (Å²) in [6.07, 6.45) is 4.53. The van der Waals surface area contributed by atoms with Crippen LogP contribution in [-0.4, -0.2) is 81.4 Å². The Hall–Kier alpha value is -2.69. The number of hydrogen-bond acceptors (Lipinski definition) is 7. The average Bonchev–Trinajstić information content (AvgIpc) is 2.79. The summed E-state index contributed by atoms with van der Waals surface area (Å²) in [4.78, 5) is 21.4. The SMILES string of the molecule is CO[C@H]1CN(C)C(=O)c2ccc(NS(C)(=O)=O)cc2OC[C@H](C)N(Cc2cccnc2)C[C@H]1C. The predicted molar refractivity (Wildman–Crippen MR) is 131 cm³/mol. The summed E-state index contributed by atoms with van der Waals surface area (Å²) in [5, 5.41) is 0. The maximum absolute atomic E-state index is 13.2. The topological polar surface area (TPSA) is 101 Å². The zero-order valence-corrected chi connectivity index (χ0v) is 21.2. The molecule has 1 aliphatic rings. The summed E-state index contributed by atoms with van der Waals surface area (Å²) in [5.74, 6) is 0.275. The Morgan fingerprint density at radius 3 is 2.65 bits per heavy atom. The van der Waals surface area contributed by atoms with Crippen LogP contribution in [0.4, 0.5) is 5.69 Å². The highest BCUT2D eigenvalue weighted by molar-refractivity contribution is 7.92. The lowest BCUT2D eigenvalue weighted by Gasteiger charge is -2.36. The van der Waals surface area contributed by atoms with Crippen LogP contribution in [-0.2, 0) is 21.3 Å². The van der Waals surface area contributed by atoms with E-state index in [1.54, 1.807) is 43.5 Å². The number of hydrogen-bond donors (Lipinski definition) is 1. The Balaban J connectivity index is 1.96. The molecule has 0 bridgehead atoms. The third-order valence-electron chi connectivity index (χ3n) is 5.99. The minimum atomic E-state index is -3.47. The molecule has 186 valence electrons. The van der Waals surface area contributed by atoms with Crippen molar-refractivity contribution >= 4 is 21.6 Å². The molecule has 0 saturated heterocycles. The fourth-order valence-corrected chi connectivity index (χ4v) is 4.63. The summed E-state index contributed by atoms with van der Waals surface area (Å²) >= 11 is 0. The van der Waals surface area contributed by atoms with Gasteiger partial charge in [-0.1, -0.05) is 13.0 Å². The fourth-order valence-electron chi connectivity index (χ4n) is 4.07. The van der Waals surface area contributed by atoms with E-state index in [0.29, 0.717) is 36.7 Å². The van der Waals surface area contributed by atoms with E-state index in [2.05, 4.69) is 28.5 Å². The van der Waals surface area contributed by atoms with Gasteiger partial charge in [0, 0.05) is 58.3 Å². The van der Waals surface area contributed by atoms with E-state index < -0.39 is 10.0 Å². The number of ether oxygens (including phenoxy) is 2. The van der Waals surface area contributed by atoms with Crippen LogP contribution in [0.5, 0.6) is 5.75 Å². The van der Waals surface area contributed by atoms with Gasteiger partial charge in [-0.25, -0.2) is 8.42 Å². The number of pyridine rings is 1. The molecule has 2 heterocycles. The first-order valence-corrected chi connectivity index (χ1v) is 13.1. The van der Waals surface area contributed by atoms with Crippen molar-refractivity contribution in [2.24, 2.45) is 5.92 Å². The average molecular weight is 491 g/mol. The second kappa shape index (κ2) is 11.2. The highest BCUT2D eigenvalue weighted by Gasteiger charge is 2.28. The van der Waals surface area contributed by atoms with Crippen LogP contribution < -0.4 is 9.46 Å². The van der Waals surface area contributed by atoms with Crippen LogP contribution in [0.3, 0.4) is 0 Å². The van der Waals surface area contributed by atoms with Crippen molar-refractivity contribution in [2.75, 3.05) is 44.8 Å². The van der Waals surface area contributed by atoms with E-state index in [1.807, 2.05) is 18.3 Å². The number of nitrogens with one attached hydrogen (secondary N) is 1. The molecule has 1 aliphatic heterocycles. The van der Waals surface area contributed by atoms with E-state index in [1.165, 1.54) is 0 Å². The number of anilines is 1. The second-order valence-electron chi connectivity index (χ2n) is 8.97. The smallest absolute Gasteiger partial charge is 0.257 e. The first kappa shape index (κ1) is 25.9.